The van der Waals surface area contributed by atoms with Crippen LogP contribution in [-0.2, 0) is 65.4 Å². The highest BCUT2D eigenvalue weighted by molar-refractivity contribution is 7.20. The summed E-state index contributed by atoms with van der Waals surface area (Å²) in [5.74, 6) is -0.372. The van der Waals surface area contributed by atoms with Gasteiger partial charge in [-0.3, -0.25) is 34.1 Å². The van der Waals surface area contributed by atoms with Gasteiger partial charge in [-0.05, 0) is 92.7 Å². The molecule has 3 atom stereocenters. The van der Waals surface area contributed by atoms with Gasteiger partial charge in [-0.15, -0.1) is 0 Å². The third-order valence-electron chi connectivity index (χ3n) is 16.0. The highest BCUT2D eigenvalue weighted by Crippen LogP contribution is 2.41. The van der Waals surface area contributed by atoms with Crippen molar-refractivity contribution in [3.63, 3.8) is 0 Å². The average Bonchev–Trinajstić information content (AvgIpc) is 3.25. The second-order valence-electron chi connectivity index (χ2n) is 22.5. The van der Waals surface area contributed by atoms with Crippen molar-refractivity contribution in [1.29, 1.82) is 0 Å². The maximum absolute atomic E-state index is 14.3. The van der Waals surface area contributed by atoms with Crippen molar-refractivity contribution in [3.05, 3.63) is 114 Å². The molecule has 6 amide bonds. The summed E-state index contributed by atoms with van der Waals surface area (Å²) in [6.07, 6.45) is 10.1. The maximum Gasteiger partial charge on any atom is 0.270 e. The van der Waals surface area contributed by atoms with E-state index < -0.39 is 24.0 Å². The first-order valence-electron chi connectivity index (χ1n) is 31.0. The van der Waals surface area contributed by atoms with E-state index in [1.165, 1.54) is 18.4 Å². The van der Waals surface area contributed by atoms with Gasteiger partial charge in [0.05, 0.1) is 98.4 Å². The largest absolute Gasteiger partial charge is 0.494 e. The van der Waals surface area contributed by atoms with E-state index in [2.05, 4.69) is 60.8 Å². The Labute approximate surface area is 525 Å². The molecule has 3 aliphatic rings. The van der Waals surface area contributed by atoms with Gasteiger partial charge >= 0.3 is 0 Å². The van der Waals surface area contributed by atoms with Crippen molar-refractivity contribution < 1.29 is 61.9 Å². The molecule has 3 heterocycles. The minimum absolute atomic E-state index is 0.00338. The standard InChI is InChI=1S/C66H87N9O13S/c1-45(67-2)61(78)71-60(52-17-9-6-10-18-52)65(81)75-26-12-19-55(75)63(80)73-64-59(51-15-7-5-8-16-51)72-66(89-64)70-57(76)44-88-38-37-87-36-35-86-34-33-85-32-31-84-30-29-83-28-27-74(3)58(77)40-46-13-11-14-47(39-46)42-69-62(79)54-41-53(56(82-4)43-68-54)50-24-22-49(23-25-50)48-20-21-48/h5,7-8,11,13-16,22-25,39,41,43,45,48,52,55,60,67H,6,9-10,12,17-21,26-38,40,42,44H2,1-4H3,(H,69,79)(H,71,78)(H,73,80)(H,70,72,76)/t45-,55-,60?/m0/s1. The number of carbonyl (C=O) groups is 6. The molecule has 5 aromatic rings. The van der Waals surface area contributed by atoms with E-state index in [1.54, 1.807) is 50.2 Å². The molecular weight excluding hydrogens is 1160 g/mol. The average molecular weight is 1250 g/mol. The monoisotopic (exact) mass is 1250 g/mol. The Balaban J connectivity index is 0.626. The number of likely N-dealkylation sites (tertiary alicyclic amines) is 1. The summed E-state index contributed by atoms with van der Waals surface area (Å²) in [5, 5.41) is 15.5. The Morgan fingerprint density at radius 3 is 2.01 bits per heavy atom. The number of hydrogen-bond acceptors (Lipinski definition) is 17. The topological polar surface area (TPSA) is 259 Å². The van der Waals surface area contributed by atoms with Gasteiger partial charge < -0.3 is 64.2 Å². The second kappa shape index (κ2) is 35.8. The molecule has 0 radical (unpaired) electrons. The minimum atomic E-state index is -0.737. The first kappa shape index (κ1) is 67.7. The molecule has 2 aromatic heterocycles. The maximum atomic E-state index is 14.3. The summed E-state index contributed by atoms with van der Waals surface area (Å²) < 4.78 is 39.2. The van der Waals surface area contributed by atoms with Gasteiger partial charge in [0.1, 0.15) is 40.8 Å². The predicted molar refractivity (Wildman–Crippen MR) is 339 cm³/mol. The first-order valence-corrected chi connectivity index (χ1v) is 31.9. The fraction of sp³-hybridized carbons (Fsp3) is 0.515. The molecule has 89 heavy (non-hydrogen) atoms. The van der Waals surface area contributed by atoms with E-state index in [0.29, 0.717) is 108 Å². The molecule has 2 aliphatic carbocycles. The Hall–Kier alpha value is -7.22. The van der Waals surface area contributed by atoms with Crippen molar-refractivity contribution in [1.82, 2.24) is 35.7 Å². The number of nitrogens with one attached hydrogen (secondary N) is 5. The SMILES string of the molecule is CN[C@@H](C)C(=O)NC(C(=O)N1CCC[C@H]1C(=O)Nc1sc(NC(=O)COCCOCCOCCOCCOCCOCCN(C)C(=O)Cc2cccc(CNC(=O)c3cc(-c4ccc(C5CC5)cc4)c(OC)cn3)c2)nc1-c1ccccc1)C1CCCCC1. The number of anilines is 2. The Morgan fingerprint density at radius 1 is 0.708 bits per heavy atom. The molecule has 3 aromatic carbocycles. The lowest BCUT2D eigenvalue weighted by Crippen LogP contribution is -2.57. The number of thiazole rings is 1. The van der Waals surface area contributed by atoms with Crippen molar-refractivity contribution in [2.45, 2.75) is 102 Å². The van der Waals surface area contributed by atoms with Crippen molar-refractivity contribution in [2.24, 2.45) is 5.92 Å². The smallest absolute Gasteiger partial charge is 0.270 e. The predicted octanol–water partition coefficient (Wildman–Crippen LogP) is 7.03. The van der Waals surface area contributed by atoms with Gasteiger partial charge in [0.2, 0.25) is 23.6 Å². The lowest BCUT2D eigenvalue weighted by Gasteiger charge is -2.35. The van der Waals surface area contributed by atoms with Crippen LogP contribution in [0.4, 0.5) is 10.1 Å². The van der Waals surface area contributed by atoms with E-state index in [0.717, 1.165) is 71.3 Å². The summed E-state index contributed by atoms with van der Waals surface area (Å²) in [6, 6.07) is 25.2. The van der Waals surface area contributed by atoms with Crippen molar-refractivity contribution >= 4 is 56.9 Å². The van der Waals surface area contributed by atoms with Gasteiger partial charge in [0.25, 0.3) is 11.8 Å². The van der Waals surface area contributed by atoms with E-state index in [9.17, 15) is 28.8 Å². The van der Waals surface area contributed by atoms with Crippen LogP contribution in [0.5, 0.6) is 5.75 Å². The van der Waals surface area contributed by atoms with Gasteiger partial charge in [0, 0.05) is 37.8 Å². The zero-order valence-corrected chi connectivity index (χ0v) is 52.5. The van der Waals surface area contributed by atoms with Crippen LogP contribution in [0.15, 0.2) is 91.1 Å². The molecule has 2 saturated carbocycles. The molecule has 8 rings (SSSR count). The molecule has 22 nitrogen and oxygen atoms in total. The number of nitrogens with zero attached hydrogens (tertiary/aromatic N) is 4. The third kappa shape index (κ3) is 21.2. The molecule has 5 N–H and O–H groups in total. The number of rotatable bonds is 37. The minimum Gasteiger partial charge on any atom is -0.494 e. The number of carbonyl (C=O) groups excluding carboxylic acids is 6. The van der Waals surface area contributed by atoms with Crippen molar-refractivity contribution in [3.8, 4) is 28.1 Å². The lowest BCUT2D eigenvalue weighted by molar-refractivity contribution is -0.142. The number of benzene rings is 3. The van der Waals surface area contributed by atoms with E-state index in [-0.39, 0.29) is 79.1 Å². The summed E-state index contributed by atoms with van der Waals surface area (Å²) in [5.41, 5.74) is 6.31. The Morgan fingerprint density at radius 2 is 1.36 bits per heavy atom. The van der Waals surface area contributed by atoms with E-state index in [4.69, 9.17) is 33.2 Å². The lowest BCUT2D eigenvalue weighted by atomic mass is 9.83. The fourth-order valence-corrected chi connectivity index (χ4v) is 11.6. The molecular formula is C66H87N9O13S. The Kier molecular flexibility index (Phi) is 27.3. The number of ether oxygens (including phenoxy) is 7. The van der Waals surface area contributed by atoms with Gasteiger partial charge in [-0.2, -0.15) is 0 Å². The van der Waals surface area contributed by atoms with Gasteiger partial charge in [-0.25, -0.2) is 9.97 Å². The number of amides is 6. The highest BCUT2D eigenvalue weighted by atomic mass is 32.1. The van der Waals surface area contributed by atoms with Crippen LogP contribution in [-0.4, -0.2) is 187 Å². The third-order valence-corrected chi connectivity index (χ3v) is 16.9. The number of methoxy groups -OCH3 is 1. The van der Waals surface area contributed by atoms with Gasteiger partial charge in [0.15, 0.2) is 5.13 Å². The molecule has 0 spiro atoms. The van der Waals surface area contributed by atoms with Crippen LogP contribution in [0.3, 0.4) is 0 Å². The van der Waals surface area contributed by atoms with E-state index in [1.807, 2.05) is 54.6 Å². The van der Waals surface area contributed by atoms with E-state index >= 15 is 0 Å². The number of likely N-dealkylation sites (N-methyl/N-ethyl adjacent to an activating group) is 2. The summed E-state index contributed by atoms with van der Waals surface area (Å²) >= 11 is 1.12. The normalized spacial score (nSPS) is 15.7. The summed E-state index contributed by atoms with van der Waals surface area (Å²) in [4.78, 5) is 92.9. The van der Waals surface area contributed by atoms with Crippen LogP contribution in [0.2, 0.25) is 0 Å². The quantitative estimate of drug-likeness (QED) is 0.0250. The van der Waals surface area contributed by atoms with Crippen LogP contribution in [0.1, 0.15) is 97.8 Å². The molecule has 23 heteroatoms. The number of aromatic nitrogens is 2. The second-order valence-corrected chi connectivity index (χ2v) is 23.5. The molecule has 480 valence electrons. The molecule has 0 bridgehead atoms. The van der Waals surface area contributed by atoms with Gasteiger partial charge in [-0.1, -0.05) is 109 Å². The van der Waals surface area contributed by atoms with Crippen molar-refractivity contribution in [2.75, 3.05) is 124 Å². The van der Waals surface area contributed by atoms with Crippen LogP contribution in [0.25, 0.3) is 22.4 Å². The highest BCUT2D eigenvalue weighted by Gasteiger charge is 2.41. The summed E-state index contributed by atoms with van der Waals surface area (Å²) in [7, 11) is 5.04. The molecule has 1 unspecified atom stereocenters. The summed E-state index contributed by atoms with van der Waals surface area (Å²) in [6.45, 7) is 6.40. The van der Waals surface area contributed by atoms with Crippen LogP contribution < -0.4 is 31.3 Å². The molecule has 1 saturated heterocycles. The fourth-order valence-electron chi connectivity index (χ4n) is 10.7. The molecule has 1 aliphatic heterocycles. The zero-order valence-electron chi connectivity index (χ0n) is 51.7. The Bertz CT molecular complexity index is 3070. The zero-order chi connectivity index (χ0) is 62.7. The first-order chi connectivity index (χ1) is 43.4. The van der Waals surface area contributed by atoms with Crippen LogP contribution >= 0.6 is 11.3 Å². The van der Waals surface area contributed by atoms with Crippen LogP contribution in [0, 0.1) is 5.92 Å². The number of pyridine rings is 1. The number of hydrogen-bond donors (Lipinski definition) is 5. The molecule has 3 fully saturated rings.